The van der Waals surface area contributed by atoms with Gasteiger partial charge in [0.05, 0.1) is 13.2 Å². The highest BCUT2D eigenvalue weighted by molar-refractivity contribution is 5.91. The molecular weight excluding hydrogens is 689 g/mol. The molecule has 0 aliphatic carbocycles. The lowest BCUT2D eigenvalue weighted by Crippen LogP contribution is -2.15. The first-order valence-corrected chi connectivity index (χ1v) is 25.6. The van der Waals surface area contributed by atoms with Crippen molar-refractivity contribution in [3.05, 3.63) is 12.2 Å². The van der Waals surface area contributed by atoms with Crippen LogP contribution in [0, 0.1) is 11.8 Å². The Morgan fingerprint density at radius 1 is 0.304 bits per heavy atom. The first kappa shape index (κ1) is 54.7. The van der Waals surface area contributed by atoms with E-state index in [2.05, 4.69) is 27.7 Å². The number of hydrogen-bond acceptors (Lipinski definition) is 4. The fraction of sp³-hybridized carbons (Fsp3) is 0.923. The fourth-order valence-corrected chi connectivity index (χ4v) is 8.23. The van der Waals surface area contributed by atoms with E-state index in [0.29, 0.717) is 25.0 Å². The lowest BCUT2D eigenvalue weighted by molar-refractivity contribution is -0.142. The highest BCUT2D eigenvalue weighted by Gasteiger charge is 2.14. The second-order valence-corrected chi connectivity index (χ2v) is 17.8. The Kier molecular flexibility index (Phi) is 45.3. The molecular formula is C52H100O4. The van der Waals surface area contributed by atoms with Gasteiger partial charge in [0.25, 0.3) is 0 Å². The van der Waals surface area contributed by atoms with Gasteiger partial charge in [-0.2, -0.15) is 0 Å². The number of carbonyl (C=O) groups excluding carboxylic acids is 2. The van der Waals surface area contributed by atoms with Crippen LogP contribution in [0.3, 0.4) is 0 Å². The van der Waals surface area contributed by atoms with Crippen molar-refractivity contribution in [2.45, 2.75) is 285 Å². The van der Waals surface area contributed by atoms with E-state index >= 15 is 0 Å². The molecule has 332 valence electrons. The van der Waals surface area contributed by atoms with Crippen LogP contribution in [0.2, 0.25) is 0 Å². The molecule has 0 aromatic rings. The third-order valence-electron chi connectivity index (χ3n) is 12.1. The van der Waals surface area contributed by atoms with E-state index < -0.39 is 11.9 Å². The molecule has 0 heterocycles. The first-order chi connectivity index (χ1) is 27.6. The molecule has 0 N–H and O–H groups in total. The molecule has 0 aliphatic rings. The maximum Gasteiger partial charge on any atom is 0.331 e. The quantitative estimate of drug-likeness (QED) is 0.0350. The average Bonchev–Trinajstić information content (AvgIpc) is 3.20. The van der Waals surface area contributed by atoms with Gasteiger partial charge in [0.15, 0.2) is 0 Å². The van der Waals surface area contributed by atoms with Crippen molar-refractivity contribution >= 4 is 11.9 Å². The average molecular weight is 789 g/mol. The van der Waals surface area contributed by atoms with Crippen molar-refractivity contribution in [2.75, 3.05) is 13.2 Å². The minimum Gasteiger partial charge on any atom is -0.462 e. The molecule has 0 fully saturated rings. The number of unbranched alkanes of at least 4 members (excludes halogenated alkanes) is 32. The summed E-state index contributed by atoms with van der Waals surface area (Å²) in [6.07, 6.45) is 55.0. The zero-order valence-electron chi connectivity index (χ0n) is 38.6. The summed E-state index contributed by atoms with van der Waals surface area (Å²) in [5.74, 6) is 0.00579. The van der Waals surface area contributed by atoms with E-state index in [0.717, 1.165) is 25.7 Å². The molecule has 0 bridgehead atoms. The monoisotopic (exact) mass is 789 g/mol. The Hall–Kier alpha value is -1.32. The van der Waals surface area contributed by atoms with Crippen LogP contribution in [0.1, 0.15) is 285 Å². The first-order valence-electron chi connectivity index (χ1n) is 25.6. The van der Waals surface area contributed by atoms with Gasteiger partial charge in [-0.3, -0.25) is 0 Å². The van der Waals surface area contributed by atoms with E-state index in [1.165, 1.54) is 243 Å². The Bertz CT molecular complexity index is 756. The van der Waals surface area contributed by atoms with Crippen LogP contribution in [-0.4, -0.2) is 25.2 Å². The normalized spacial score (nSPS) is 12.7. The molecule has 0 aromatic carbocycles. The molecule has 0 saturated carbocycles. The van der Waals surface area contributed by atoms with Crippen molar-refractivity contribution in [3.8, 4) is 0 Å². The molecule has 2 unspecified atom stereocenters. The summed E-state index contributed by atoms with van der Waals surface area (Å²) < 4.78 is 11.5. The molecule has 56 heavy (non-hydrogen) atoms. The Morgan fingerprint density at radius 3 is 0.679 bits per heavy atom. The summed E-state index contributed by atoms with van der Waals surface area (Å²) in [6, 6.07) is 0. The van der Waals surface area contributed by atoms with Crippen LogP contribution in [0.5, 0.6) is 0 Å². The van der Waals surface area contributed by atoms with Gasteiger partial charge in [0.1, 0.15) is 0 Å². The van der Waals surface area contributed by atoms with E-state index in [-0.39, 0.29) is 0 Å². The molecule has 0 saturated heterocycles. The van der Waals surface area contributed by atoms with Gasteiger partial charge >= 0.3 is 11.9 Å². The highest BCUT2D eigenvalue weighted by atomic mass is 16.5. The van der Waals surface area contributed by atoms with Gasteiger partial charge in [-0.25, -0.2) is 9.59 Å². The maximum absolute atomic E-state index is 12.7. The van der Waals surface area contributed by atoms with Crippen LogP contribution < -0.4 is 0 Å². The molecule has 4 nitrogen and oxygen atoms in total. The lowest BCUT2D eigenvalue weighted by Gasteiger charge is -2.17. The Balaban J connectivity index is 4.69. The van der Waals surface area contributed by atoms with Crippen LogP contribution in [0.25, 0.3) is 0 Å². The maximum atomic E-state index is 12.7. The summed E-state index contributed by atoms with van der Waals surface area (Å²) >= 11 is 0. The molecule has 0 radical (unpaired) electrons. The molecule has 0 aromatic heterocycles. The molecule has 0 spiro atoms. The molecule has 0 rings (SSSR count). The minimum absolute atomic E-state index is 0.410. The topological polar surface area (TPSA) is 52.6 Å². The van der Waals surface area contributed by atoms with Gasteiger partial charge in [-0.05, 0) is 37.5 Å². The van der Waals surface area contributed by atoms with Crippen LogP contribution >= 0.6 is 0 Å². The van der Waals surface area contributed by atoms with E-state index in [9.17, 15) is 9.59 Å². The second kappa shape index (κ2) is 46.4. The minimum atomic E-state index is -0.410. The molecule has 2 atom stereocenters. The zero-order valence-corrected chi connectivity index (χ0v) is 38.6. The predicted octanol–water partition coefficient (Wildman–Crippen LogP) is 17.5. The zero-order chi connectivity index (χ0) is 40.8. The summed E-state index contributed by atoms with van der Waals surface area (Å²) in [5.41, 5.74) is 0. The lowest BCUT2D eigenvalue weighted by atomic mass is 9.94. The van der Waals surface area contributed by atoms with Crippen molar-refractivity contribution in [2.24, 2.45) is 11.8 Å². The molecule has 0 aliphatic heterocycles. The van der Waals surface area contributed by atoms with Gasteiger partial charge in [0.2, 0.25) is 0 Å². The number of ether oxygens (including phenoxy) is 2. The van der Waals surface area contributed by atoms with Crippen LogP contribution in [0.4, 0.5) is 0 Å². The smallest absolute Gasteiger partial charge is 0.331 e. The van der Waals surface area contributed by atoms with E-state index in [1.54, 1.807) is 0 Å². The van der Waals surface area contributed by atoms with E-state index in [4.69, 9.17) is 9.47 Å². The van der Waals surface area contributed by atoms with Gasteiger partial charge in [-0.1, -0.05) is 259 Å². The third kappa shape index (κ3) is 42.3. The standard InChI is InChI=1S/C52H100O4/c1-5-9-13-17-21-25-27-31-35-39-43-49(41-37-33-29-23-19-15-11-7-3)47-55-51(53)45-46-52(54)56-48-50(42-38-34-30-24-20-16-12-8-4)44-40-36-32-28-26-22-18-14-10-6-2/h45-46,49-50H,5-44,47-48H2,1-4H3/b46-45+. The highest BCUT2D eigenvalue weighted by Crippen LogP contribution is 2.22. The number of carbonyl (C=O) groups is 2. The van der Waals surface area contributed by atoms with Gasteiger partial charge < -0.3 is 9.47 Å². The fourth-order valence-electron chi connectivity index (χ4n) is 8.23. The molecule has 0 amide bonds. The predicted molar refractivity (Wildman–Crippen MR) is 245 cm³/mol. The van der Waals surface area contributed by atoms with Crippen LogP contribution in [0.15, 0.2) is 12.2 Å². The number of rotatable bonds is 46. The summed E-state index contributed by atoms with van der Waals surface area (Å²) in [5, 5.41) is 0. The van der Waals surface area contributed by atoms with Crippen molar-refractivity contribution < 1.29 is 19.1 Å². The number of esters is 2. The summed E-state index contributed by atoms with van der Waals surface area (Å²) in [7, 11) is 0. The summed E-state index contributed by atoms with van der Waals surface area (Å²) in [6.45, 7) is 10.0. The third-order valence-corrected chi connectivity index (χ3v) is 12.1. The van der Waals surface area contributed by atoms with Gasteiger partial charge in [-0.15, -0.1) is 0 Å². The van der Waals surface area contributed by atoms with Crippen molar-refractivity contribution in [3.63, 3.8) is 0 Å². The van der Waals surface area contributed by atoms with E-state index in [1.807, 2.05) is 0 Å². The Labute approximate surface area is 351 Å². The SMILES string of the molecule is CCCCCCCCCCCCC(CCCCCCCCCC)COC(=O)/C=C/C(=O)OCC(CCCCCCCCCC)CCCCCCCCCCCC. The molecule has 4 heteroatoms. The number of hydrogen-bond donors (Lipinski definition) is 0. The van der Waals surface area contributed by atoms with Crippen LogP contribution in [-0.2, 0) is 19.1 Å². The second-order valence-electron chi connectivity index (χ2n) is 17.8. The largest absolute Gasteiger partial charge is 0.462 e. The Morgan fingerprint density at radius 2 is 0.482 bits per heavy atom. The van der Waals surface area contributed by atoms with Crippen molar-refractivity contribution in [1.29, 1.82) is 0 Å². The van der Waals surface area contributed by atoms with Crippen molar-refractivity contribution in [1.82, 2.24) is 0 Å². The summed E-state index contributed by atoms with van der Waals surface area (Å²) in [4.78, 5) is 25.4. The van der Waals surface area contributed by atoms with Gasteiger partial charge in [0, 0.05) is 12.2 Å².